The van der Waals surface area contributed by atoms with E-state index < -0.39 is 0 Å². The van der Waals surface area contributed by atoms with Crippen LogP contribution in [0.25, 0.3) is 0 Å². The number of aromatic amines is 1. The zero-order valence-corrected chi connectivity index (χ0v) is 8.53. The molecule has 0 spiro atoms. The molecule has 1 aliphatic rings. The van der Waals surface area contributed by atoms with Gasteiger partial charge in [-0.25, -0.2) is 4.98 Å². The minimum absolute atomic E-state index is 0.0653. The molecule has 0 unspecified atom stereocenters. The highest BCUT2D eigenvalue weighted by atomic mass is 16.5. The predicted molar refractivity (Wildman–Crippen MR) is 56.7 cm³/mol. The molecule has 0 saturated heterocycles. The first-order chi connectivity index (χ1) is 7.27. The predicted octanol–water partition coefficient (Wildman–Crippen LogP) is 0.921. The fraction of sp³-hybridized carbons (Fsp3) is 0.600. The van der Waals surface area contributed by atoms with Crippen LogP contribution in [0.15, 0.2) is 11.1 Å². The third-order valence-corrected chi connectivity index (χ3v) is 2.78. The van der Waals surface area contributed by atoms with E-state index in [0.29, 0.717) is 12.5 Å². The number of ether oxygens (including phenoxy) is 1. The lowest BCUT2D eigenvalue weighted by atomic mass is 10.1. The number of nitrogens with two attached hydrogens (primary N) is 1. The first-order valence-corrected chi connectivity index (χ1v) is 5.23. The van der Waals surface area contributed by atoms with Gasteiger partial charge in [0.1, 0.15) is 0 Å². The van der Waals surface area contributed by atoms with Gasteiger partial charge in [-0.15, -0.1) is 0 Å². The minimum Gasteiger partial charge on any atom is -0.476 e. The average molecular weight is 209 g/mol. The number of H-pyrrole nitrogens is 1. The molecule has 15 heavy (non-hydrogen) atoms. The molecule has 1 aromatic heterocycles. The maximum atomic E-state index is 11.1. The summed E-state index contributed by atoms with van der Waals surface area (Å²) in [6, 6.07) is 0. The van der Waals surface area contributed by atoms with Crippen LogP contribution in [0.1, 0.15) is 25.7 Å². The van der Waals surface area contributed by atoms with Crippen molar-refractivity contribution in [2.45, 2.75) is 25.7 Å². The third-order valence-electron chi connectivity index (χ3n) is 2.78. The van der Waals surface area contributed by atoms with Gasteiger partial charge in [-0.3, -0.25) is 4.79 Å². The van der Waals surface area contributed by atoms with Gasteiger partial charge in [0.15, 0.2) is 5.69 Å². The van der Waals surface area contributed by atoms with E-state index >= 15 is 0 Å². The molecule has 1 saturated carbocycles. The van der Waals surface area contributed by atoms with E-state index in [1.807, 2.05) is 0 Å². The molecule has 82 valence electrons. The van der Waals surface area contributed by atoms with Gasteiger partial charge in [-0.1, -0.05) is 12.8 Å². The average Bonchev–Trinajstić information content (AvgIpc) is 2.73. The molecule has 5 nitrogen and oxygen atoms in total. The van der Waals surface area contributed by atoms with Gasteiger partial charge in [-0.2, -0.15) is 0 Å². The summed E-state index contributed by atoms with van der Waals surface area (Å²) in [6.07, 6.45) is 6.24. The first-order valence-electron chi connectivity index (χ1n) is 5.23. The van der Waals surface area contributed by atoms with Crippen molar-refractivity contribution in [1.29, 1.82) is 0 Å². The number of nitrogens with one attached hydrogen (secondary N) is 1. The SMILES string of the molecule is Nc1c(OCC2CCCC2)nc[nH]c1=O. The summed E-state index contributed by atoms with van der Waals surface area (Å²) in [5.74, 6) is 0.844. The van der Waals surface area contributed by atoms with Crippen LogP contribution in [0.4, 0.5) is 5.69 Å². The van der Waals surface area contributed by atoms with Crippen molar-refractivity contribution in [2.24, 2.45) is 5.92 Å². The molecule has 0 aromatic carbocycles. The normalized spacial score (nSPS) is 16.8. The maximum absolute atomic E-state index is 11.1. The number of anilines is 1. The van der Waals surface area contributed by atoms with Gasteiger partial charge < -0.3 is 15.5 Å². The lowest BCUT2D eigenvalue weighted by Crippen LogP contribution is -2.16. The van der Waals surface area contributed by atoms with E-state index in [0.717, 1.165) is 0 Å². The fourth-order valence-corrected chi connectivity index (χ4v) is 1.88. The second-order valence-corrected chi connectivity index (χ2v) is 3.91. The minimum atomic E-state index is -0.341. The van der Waals surface area contributed by atoms with E-state index in [4.69, 9.17) is 10.5 Å². The number of rotatable bonds is 3. The lowest BCUT2D eigenvalue weighted by molar-refractivity contribution is 0.244. The van der Waals surface area contributed by atoms with Crippen LogP contribution in [0.3, 0.4) is 0 Å². The number of hydrogen-bond acceptors (Lipinski definition) is 4. The number of nitrogens with zero attached hydrogens (tertiary/aromatic N) is 1. The molecule has 0 bridgehead atoms. The molecule has 5 heteroatoms. The first kappa shape index (κ1) is 10.0. The summed E-state index contributed by atoms with van der Waals surface area (Å²) in [4.78, 5) is 17.4. The summed E-state index contributed by atoms with van der Waals surface area (Å²) < 4.78 is 5.45. The molecular formula is C10H15N3O2. The van der Waals surface area contributed by atoms with E-state index in [9.17, 15) is 4.79 Å². The van der Waals surface area contributed by atoms with E-state index in [-0.39, 0.29) is 17.1 Å². The Morgan fingerprint density at radius 2 is 2.27 bits per heavy atom. The summed E-state index contributed by atoms with van der Waals surface area (Å²) in [6.45, 7) is 0.612. The van der Waals surface area contributed by atoms with Crippen molar-refractivity contribution in [3.05, 3.63) is 16.7 Å². The number of aromatic nitrogens is 2. The molecule has 2 rings (SSSR count). The highest BCUT2D eigenvalue weighted by Gasteiger charge is 2.16. The Balaban J connectivity index is 1.98. The monoisotopic (exact) mass is 209 g/mol. The summed E-state index contributed by atoms with van der Waals surface area (Å²) in [7, 11) is 0. The Morgan fingerprint density at radius 1 is 1.53 bits per heavy atom. The van der Waals surface area contributed by atoms with Crippen molar-refractivity contribution in [2.75, 3.05) is 12.3 Å². The van der Waals surface area contributed by atoms with Gasteiger partial charge in [0.25, 0.3) is 5.56 Å². The fourth-order valence-electron chi connectivity index (χ4n) is 1.88. The molecule has 1 fully saturated rings. The molecule has 0 aliphatic heterocycles. The molecule has 1 aliphatic carbocycles. The van der Waals surface area contributed by atoms with Gasteiger partial charge in [0, 0.05) is 0 Å². The van der Waals surface area contributed by atoms with Crippen LogP contribution in [0, 0.1) is 5.92 Å². The third kappa shape index (κ3) is 2.29. The molecular weight excluding hydrogens is 194 g/mol. The quantitative estimate of drug-likeness (QED) is 0.775. The second kappa shape index (κ2) is 4.33. The smallest absolute Gasteiger partial charge is 0.277 e. The van der Waals surface area contributed by atoms with Crippen LogP contribution < -0.4 is 16.0 Å². The van der Waals surface area contributed by atoms with Gasteiger partial charge in [0.2, 0.25) is 5.88 Å². The van der Waals surface area contributed by atoms with Crippen LogP contribution >= 0.6 is 0 Å². The van der Waals surface area contributed by atoms with E-state index in [1.54, 1.807) is 0 Å². The van der Waals surface area contributed by atoms with Gasteiger partial charge in [0.05, 0.1) is 12.9 Å². The second-order valence-electron chi connectivity index (χ2n) is 3.91. The lowest BCUT2D eigenvalue weighted by Gasteiger charge is -2.10. The van der Waals surface area contributed by atoms with E-state index in [2.05, 4.69) is 9.97 Å². The maximum Gasteiger partial charge on any atom is 0.277 e. The standard InChI is InChI=1S/C10H15N3O2/c11-8-9(14)12-6-13-10(8)15-5-7-3-1-2-4-7/h6-7H,1-5,11H2,(H,12,13,14). The molecule has 3 N–H and O–H groups in total. The van der Waals surface area contributed by atoms with Gasteiger partial charge in [-0.05, 0) is 18.8 Å². The highest BCUT2D eigenvalue weighted by Crippen LogP contribution is 2.25. The highest BCUT2D eigenvalue weighted by molar-refractivity contribution is 5.44. The van der Waals surface area contributed by atoms with Crippen LogP contribution in [0.5, 0.6) is 5.88 Å². The van der Waals surface area contributed by atoms with Crippen LogP contribution in [0.2, 0.25) is 0 Å². The Hall–Kier alpha value is -1.52. The Morgan fingerprint density at radius 3 is 3.00 bits per heavy atom. The largest absolute Gasteiger partial charge is 0.476 e. The van der Waals surface area contributed by atoms with Crippen molar-refractivity contribution < 1.29 is 4.74 Å². The number of hydrogen-bond donors (Lipinski definition) is 2. The topological polar surface area (TPSA) is 81.0 Å². The van der Waals surface area contributed by atoms with Crippen molar-refractivity contribution >= 4 is 5.69 Å². The van der Waals surface area contributed by atoms with Crippen LogP contribution in [-0.2, 0) is 0 Å². The van der Waals surface area contributed by atoms with E-state index in [1.165, 1.54) is 32.0 Å². The number of nitrogen functional groups attached to an aromatic ring is 1. The molecule has 1 aromatic rings. The molecule has 0 radical (unpaired) electrons. The Bertz CT molecular complexity index is 382. The van der Waals surface area contributed by atoms with Crippen LogP contribution in [-0.4, -0.2) is 16.6 Å². The Kier molecular flexibility index (Phi) is 2.89. The zero-order valence-electron chi connectivity index (χ0n) is 8.53. The molecule has 1 heterocycles. The van der Waals surface area contributed by atoms with Gasteiger partial charge >= 0.3 is 0 Å². The summed E-state index contributed by atoms with van der Waals surface area (Å²) in [5.41, 5.74) is 5.26. The zero-order chi connectivity index (χ0) is 10.7. The summed E-state index contributed by atoms with van der Waals surface area (Å²) in [5, 5.41) is 0. The Labute approximate surface area is 87.7 Å². The van der Waals surface area contributed by atoms with Crippen molar-refractivity contribution in [3.63, 3.8) is 0 Å². The van der Waals surface area contributed by atoms with Crippen molar-refractivity contribution in [1.82, 2.24) is 9.97 Å². The summed E-state index contributed by atoms with van der Waals surface area (Å²) >= 11 is 0. The molecule has 0 atom stereocenters. The molecule has 0 amide bonds. The van der Waals surface area contributed by atoms with Crippen molar-refractivity contribution in [3.8, 4) is 5.88 Å².